The lowest BCUT2D eigenvalue weighted by Gasteiger charge is -2.14. The zero-order chi connectivity index (χ0) is 12.1. The molecule has 0 radical (unpaired) electrons. The van der Waals surface area contributed by atoms with Crippen LogP contribution in [-0.4, -0.2) is 18.8 Å². The highest BCUT2D eigenvalue weighted by Gasteiger charge is 2.17. The number of methoxy groups -OCH3 is 1. The summed E-state index contributed by atoms with van der Waals surface area (Å²) < 4.78 is 31.8. The van der Waals surface area contributed by atoms with E-state index in [1.165, 1.54) is 7.11 Å². The van der Waals surface area contributed by atoms with E-state index in [4.69, 9.17) is 15.6 Å². The number of halogens is 3. The van der Waals surface area contributed by atoms with Gasteiger partial charge in [0.25, 0.3) is 0 Å². The summed E-state index contributed by atoms with van der Waals surface area (Å²) in [6.45, 7) is -0.0485. The largest absolute Gasteiger partial charge is 0.497 e. The molecular weight excluding hydrogens is 252 g/mol. The van der Waals surface area contributed by atoms with Gasteiger partial charge in [-0.3, -0.25) is 0 Å². The summed E-state index contributed by atoms with van der Waals surface area (Å²) in [6, 6.07) is 1.44. The fourth-order valence-electron chi connectivity index (χ4n) is 1.49. The molecule has 0 saturated heterocycles. The summed E-state index contributed by atoms with van der Waals surface area (Å²) in [6.07, 6.45) is 0.739. The highest BCUT2D eigenvalue weighted by Crippen LogP contribution is 2.26. The Morgan fingerprint density at radius 3 is 2.29 bits per heavy atom. The first kappa shape index (κ1) is 16.1. The molecule has 17 heavy (non-hydrogen) atoms. The van der Waals surface area contributed by atoms with Crippen LogP contribution >= 0.6 is 12.4 Å². The summed E-state index contributed by atoms with van der Waals surface area (Å²) >= 11 is 0. The molecule has 0 saturated carbocycles. The number of benzene rings is 1. The van der Waals surface area contributed by atoms with Crippen molar-refractivity contribution in [3.05, 3.63) is 29.3 Å². The fraction of sp³-hybridized carbons (Fsp3) is 0.455. The van der Waals surface area contributed by atoms with Crippen molar-refractivity contribution in [3.8, 4) is 5.75 Å². The van der Waals surface area contributed by atoms with Crippen molar-refractivity contribution in [2.24, 2.45) is 5.73 Å². The van der Waals surface area contributed by atoms with E-state index in [0.29, 0.717) is 12.8 Å². The van der Waals surface area contributed by atoms with Crippen LogP contribution in [0.5, 0.6) is 5.75 Å². The molecule has 0 heterocycles. The van der Waals surface area contributed by atoms with Crippen LogP contribution in [0.4, 0.5) is 8.78 Å². The third-order valence-corrected chi connectivity index (χ3v) is 2.33. The van der Waals surface area contributed by atoms with Crippen molar-refractivity contribution >= 4 is 12.4 Å². The van der Waals surface area contributed by atoms with Crippen LogP contribution in [0, 0.1) is 11.6 Å². The van der Waals surface area contributed by atoms with Crippen LogP contribution in [0.2, 0.25) is 0 Å². The molecule has 0 spiro atoms. The van der Waals surface area contributed by atoms with E-state index in [0.717, 1.165) is 12.1 Å². The van der Waals surface area contributed by atoms with Crippen LogP contribution < -0.4 is 10.5 Å². The van der Waals surface area contributed by atoms with Gasteiger partial charge in [-0.1, -0.05) is 0 Å². The fourth-order valence-corrected chi connectivity index (χ4v) is 1.49. The lowest BCUT2D eigenvalue weighted by Crippen LogP contribution is -2.15. The molecule has 1 rings (SSSR count). The summed E-state index contributed by atoms with van der Waals surface area (Å²) in [7, 11) is 1.33. The van der Waals surface area contributed by atoms with Crippen molar-refractivity contribution < 1.29 is 18.6 Å². The normalized spacial score (nSPS) is 11.8. The quantitative estimate of drug-likeness (QED) is 0.860. The lowest BCUT2D eigenvalue weighted by atomic mass is 10.0. The van der Waals surface area contributed by atoms with Crippen LogP contribution in [0.25, 0.3) is 0 Å². The second-order valence-corrected chi connectivity index (χ2v) is 3.48. The van der Waals surface area contributed by atoms with E-state index in [9.17, 15) is 8.78 Å². The Bertz CT molecular complexity index is 340. The Kier molecular flexibility index (Phi) is 7.03. The molecule has 3 nitrogen and oxygen atoms in total. The monoisotopic (exact) mass is 267 g/mol. The molecule has 0 fully saturated rings. The Balaban J connectivity index is 0.00000256. The molecule has 1 atom stereocenters. The molecule has 0 amide bonds. The summed E-state index contributed by atoms with van der Waals surface area (Å²) in [5.74, 6) is -1.32. The van der Waals surface area contributed by atoms with E-state index in [1.54, 1.807) is 0 Å². The summed E-state index contributed by atoms with van der Waals surface area (Å²) in [4.78, 5) is 0. The van der Waals surface area contributed by atoms with E-state index in [2.05, 4.69) is 0 Å². The summed E-state index contributed by atoms with van der Waals surface area (Å²) in [5, 5.41) is 8.62. The van der Waals surface area contributed by atoms with Crippen molar-refractivity contribution in [2.75, 3.05) is 13.7 Å². The highest BCUT2D eigenvalue weighted by molar-refractivity contribution is 5.85. The molecule has 0 aliphatic rings. The maximum Gasteiger partial charge on any atom is 0.134 e. The Hall–Kier alpha value is -0.910. The molecule has 98 valence electrons. The van der Waals surface area contributed by atoms with E-state index >= 15 is 0 Å². The highest BCUT2D eigenvalue weighted by atomic mass is 35.5. The smallest absolute Gasteiger partial charge is 0.134 e. The molecular formula is C11H16ClF2NO2. The molecule has 1 aromatic carbocycles. The third-order valence-electron chi connectivity index (χ3n) is 2.33. The number of nitrogens with two attached hydrogens (primary N) is 1. The first-order chi connectivity index (χ1) is 7.60. The standard InChI is InChI=1S/C11H15F2NO2.ClH/c1-16-7-5-8(12)11(9(13)6-7)10(14)3-2-4-15;/h5-6,10,15H,2-4,14H2,1H3;1H/t10-;/m0./s1. The van der Waals surface area contributed by atoms with Gasteiger partial charge in [-0.15, -0.1) is 12.4 Å². The van der Waals surface area contributed by atoms with E-state index in [1.807, 2.05) is 0 Å². The Labute approximate surface area is 105 Å². The van der Waals surface area contributed by atoms with Gasteiger partial charge in [0.05, 0.1) is 7.11 Å². The minimum atomic E-state index is -0.752. The number of rotatable bonds is 5. The molecule has 0 aliphatic carbocycles. The van der Waals surface area contributed by atoms with Crippen molar-refractivity contribution in [2.45, 2.75) is 18.9 Å². The third kappa shape index (κ3) is 4.11. The van der Waals surface area contributed by atoms with E-state index in [-0.39, 0.29) is 30.3 Å². The minimum absolute atomic E-state index is 0. The van der Waals surface area contributed by atoms with E-state index < -0.39 is 17.7 Å². The van der Waals surface area contributed by atoms with Crippen LogP contribution in [0.1, 0.15) is 24.4 Å². The van der Waals surface area contributed by atoms with Gasteiger partial charge >= 0.3 is 0 Å². The molecule has 0 bridgehead atoms. The van der Waals surface area contributed by atoms with Gasteiger partial charge in [-0.05, 0) is 12.8 Å². The van der Waals surface area contributed by atoms with Crippen molar-refractivity contribution in [1.29, 1.82) is 0 Å². The number of hydrogen-bond acceptors (Lipinski definition) is 3. The second-order valence-electron chi connectivity index (χ2n) is 3.48. The summed E-state index contributed by atoms with van der Waals surface area (Å²) in [5.41, 5.74) is 5.48. The SMILES string of the molecule is COc1cc(F)c([C@@H](N)CCCO)c(F)c1.Cl. The topological polar surface area (TPSA) is 55.5 Å². The van der Waals surface area contributed by atoms with Crippen molar-refractivity contribution in [3.63, 3.8) is 0 Å². The maximum absolute atomic E-state index is 13.5. The molecule has 3 N–H and O–H groups in total. The van der Waals surface area contributed by atoms with Gasteiger partial charge < -0.3 is 15.6 Å². The van der Waals surface area contributed by atoms with Gasteiger partial charge in [0.2, 0.25) is 0 Å². The van der Waals surface area contributed by atoms with Gasteiger partial charge in [-0.25, -0.2) is 8.78 Å². The Morgan fingerprint density at radius 2 is 1.88 bits per heavy atom. The number of hydrogen-bond donors (Lipinski definition) is 2. The van der Waals surface area contributed by atoms with Gasteiger partial charge in [0.15, 0.2) is 0 Å². The maximum atomic E-state index is 13.5. The zero-order valence-electron chi connectivity index (χ0n) is 9.45. The zero-order valence-corrected chi connectivity index (χ0v) is 10.3. The first-order valence-corrected chi connectivity index (χ1v) is 4.99. The predicted octanol–water partition coefficient (Wildman–Crippen LogP) is 2.17. The second kappa shape index (κ2) is 7.42. The molecule has 6 heteroatoms. The predicted molar refractivity (Wildman–Crippen MR) is 63.4 cm³/mol. The van der Waals surface area contributed by atoms with Gasteiger partial charge in [-0.2, -0.15) is 0 Å². The van der Waals surface area contributed by atoms with Gasteiger partial charge in [0.1, 0.15) is 17.4 Å². The molecule has 0 unspecified atom stereocenters. The average molecular weight is 268 g/mol. The van der Waals surface area contributed by atoms with Crippen LogP contribution in [-0.2, 0) is 0 Å². The number of aliphatic hydroxyl groups is 1. The van der Waals surface area contributed by atoms with Crippen LogP contribution in [0.3, 0.4) is 0 Å². The minimum Gasteiger partial charge on any atom is -0.497 e. The number of aliphatic hydroxyl groups excluding tert-OH is 1. The average Bonchev–Trinajstić information content (AvgIpc) is 2.25. The number of ether oxygens (including phenoxy) is 1. The van der Waals surface area contributed by atoms with Gasteiger partial charge in [0, 0.05) is 30.3 Å². The molecule has 1 aromatic rings. The van der Waals surface area contributed by atoms with Crippen molar-refractivity contribution in [1.82, 2.24) is 0 Å². The molecule has 0 aromatic heterocycles. The Morgan fingerprint density at radius 1 is 1.35 bits per heavy atom. The lowest BCUT2D eigenvalue weighted by molar-refractivity contribution is 0.278. The molecule has 0 aliphatic heterocycles. The first-order valence-electron chi connectivity index (χ1n) is 4.99. The van der Waals surface area contributed by atoms with Crippen LogP contribution in [0.15, 0.2) is 12.1 Å².